The van der Waals surface area contributed by atoms with Crippen LogP contribution in [0.25, 0.3) is 6.08 Å². The van der Waals surface area contributed by atoms with Crippen molar-refractivity contribution >= 4 is 27.9 Å². The van der Waals surface area contributed by atoms with E-state index in [-0.39, 0.29) is 11.5 Å². The molecule has 126 valence electrons. The molecule has 1 aliphatic rings. The zero-order valence-corrected chi connectivity index (χ0v) is 15.4. The number of hydrogen-bond acceptors (Lipinski definition) is 3. The van der Waals surface area contributed by atoms with E-state index in [0.29, 0.717) is 18.8 Å². The summed E-state index contributed by atoms with van der Waals surface area (Å²) in [5.41, 5.74) is 3.33. The molecule has 5 heteroatoms. The second-order valence-corrected chi connectivity index (χ2v) is 6.66. The molecular formula is C20H17BrN2O2. The van der Waals surface area contributed by atoms with Gasteiger partial charge in [0.05, 0.1) is 11.6 Å². The van der Waals surface area contributed by atoms with E-state index in [1.807, 2.05) is 36.4 Å². The molecule has 2 aromatic carbocycles. The fraction of sp³-hybridized carbons (Fsp3) is 0.200. The van der Waals surface area contributed by atoms with Crippen LogP contribution in [0.3, 0.4) is 0 Å². The number of nitrogens with zero attached hydrogens (tertiary/aromatic N) is 2. The summed E-state index contributed by atoms with van der Waals surface area (Å²) in [6.45, 7) is 1.17. The van der Waals surface area contributed by atoms with Crippen molar-refractivity contribution in [1.29, 1.82) is 5.26 Å². The van der Waals surface area contributed by atoms with Crippen LogP contribution >= 0.6 is 15.9 Å². The van der Waals surface area contributed by atoms with Gasteiger partial charge >= 0.3 is 0 Å². The first kappa shape index (κ1) is 17.2. The zero-order valence-electron chi connectivity index (χ0n) is 13.8. The molecule has 0 aromatic heterocycles. The van der Waals surface area contributed by atoms with E-state index in [1.165, 1.54) is 5.56 Å². The fourth-order valence-corrected chi connectivity index (χ4v) is 3.48. The Morgan fingerprint density at radius 1 is 1.28 bits per heavy atom. The van der Waals surface area contributed by atoms with E-state index in [0.717, 1.165) is 22.0 Å². The molecule has 4 nitrogen and oxygen atoms in total. The van der Waals surface area contributed by atoms with E-state index in [2.05, 4.69) is 22.0 Å². The first-order valence-corrected chi connectivity index (χ1v) is 8.73. The van der Waals surface area contributed by atoms with Crippen molar-refractivity contribution in [2.24, 2.45) is 0 Å². The molecule has 0 fully saturated rings. The van der Waals surface area contributed by atoms with Gasteiger partial charge in [0, 0.05) is 13.1 Å². The first-order valence-electron chi connectivity index (χ1n) is 7.93. The number of rotatable bonds is 3. The summed E-state index contributed by atoms with van der Waals surface area (Å²) >= 11 is 3.42. The largest absolute Gasteiger partial charge is 0.496 e. The molecule has 2 aromatic rings. The lowest BCUT2D eigenvalue weighted by Gasteiger charge is -2.28. The number of methoxy groups -OCH3 is 1. The Morgan fingerprint density at radius 2 is 2.04 bits per heavy atom. The molecule has 0 unspecified atom stereocenters. The minimum atomic E-state index is -0.232. The summed E-state index contributed by atoms with van der Waals surface area (Å²) in [6.07, 6.45) is 2.43. The molecule has 0 spiro atoms. The highest BCUT2D eigenvalue weighted by atomic mass is 79.9. The number of nitriles is 1. The van der Waals surface area contributed by atoms with Crippen LogP contribution in [0.4, 0.5) is 0 Å². The average molecular weight is 397 g/mol. The van der Waals surface area contributed by atoms with E-state index >= 15 is 0 Å². The van der Waals surface area contributed by atoms with Gasteiger partial charge in [-0.1, -0.05) is 30.3 Å². The normalized spacial score (nSPS) is 13.8. The molecular weight excluding hydrogens is 380 g/mol. The van der Waals surface area contributed by atoms with Gasteiger partial charge in [-0.3, -0.25) is 4.79 Å². The van der Waals surface area contributed by atoms with Gasteiger partial charge in [0.15, 0.2) is 0 Å². The van der Waals surface area contributed by atoms with Crippen LogP contribution in [0.1, 0.15) is 16.7 Å². The Kier molecular flexibility index (Phi) is 5.20. The van der Waals surface area contributed by atoms with Crippen LogP contribution < -0.4 is 4.74 Å². The molecule has 1 amide bonds. The molecule has 25 heavy (non-hydrogen) atoms. The van der Waals surface area contributed by atoms with E-state index < -0.39 is 0 Å². The summed E-state index contributed by atoms with van der Waals surface area (Å²) in [5.74, 6) is 0.471. The maximum atomic E-state index is 12.8. The Hall–Kier alpha value is -2.58. The lowest BCUT2D eigenvalue weighted by atomic mass is 9.99. The molecule has 3 rings (SSSR count). The average Bonchev–Trinajstić information content (AvgIpc) is 2.65. The maximum absolute atomic E-state index is 12.8. The molecule has 0 bridgehead atoms. The third-order valence-electron chi connectivity index (χ3n) is 4.26. The summed E-state index contributed by atoms with van der Waals surface area (Å²) in [5, 5.41) is 9.45. The molecule has 0 radical (unpaired) electrons. The summed E-state index contributed by atoms with van der Waals surface area (Å²) in [7, 11) is 1.59. The Morgan fingerprint density at radius 3 is 2.72 bits per heavy atom. The maximum Gasteiger partial charge on any atom is 0.264 e. The number of halogens is 1. The second-order valence-electron chi connectivity index (χ2n) is 5.81. The monoisotopic (exact) mass is 396 g/mol. The SMILES string of the molecule is COc1ccc(C=C(C#N)C(=O)N2CCc3ccccc3C2)cc1Br. The van der Waals surface area contributed by atoms with Crippen molar-refractivity contribution in [1.82, 2.24) is 4.90 Å². The zero-order chi connectivity index (χ0) is 17.8. The van der Waals surface area contributed by atoms with Crippen LogP contribution in [0.2, 0.25) is 0 Å². The lowest BCUT2D eigenvalue weighted by molar-refractivity contribution is -0.127. The number of hydrogen-bond donors (Lipinski definition) is 0. The topological polar surface area (TPSA) is 53.3 Å². The summed E-state index contributed by atoms with van der Waals surface area (Å²) < 4.78 is 5.98. The second kappa shape index (κ2) is 7.54. The van der Waals surface area contributed by atoms with Gasteiger partial charge in [0.1, 0.15) is 17.4 Å². The van der Waals surface area contributed by atoms with Crippen LogP contribution in [-0.2, 0) is 17.8 Å². The van der Waals surface area contributed by atoms with Gasteiger partial charge < -0.3 is 9.64 Å². The van der Waals surface area contributed by atoms with Crippen molar-refractivity contribution in [3.63, 3.8) is 0 Å². The highest BCUT2D eigenvalue weighted by Gasteiger charge is 2.23. The van der Waals surface area contributed by atoms with Crippen molar-refractivity contribution in [3.8, 4) is 11.8 Å². The van der Waals surface area contributed by atoms with Crippen LogP contribution in [0.5, 0.6) is 5.75 Å². The highest BCUT2D eigenvalue weighted by Crippen LogP contribution is 2.27. The van der Waals surface area contributed by atoms with Crippen molar-refractivity contribution in [2.45, 2.75) is 13.0 Å². The number of ether oxygens (including phenoxy) is 1. The van der Waals surface area contributed by atoms with Crippen molar-refractivity contribution in [3.05, 3.63) is 69.2 Å². The first-order chi connectivity index (χ1) is 12.1. The van der Waals surface area contributed by atoms with E-state index in [1.54, 1.807) is 24.2 Å². The molecule has 0 atom stereocenters. The van der Waals surface area contributed by atoms with Crippen molar-refractivity contribution in [2.75, 3.05) is 13.7 Å². The van der Waals surface area contributed by atoms with Gasteiger partial charge in [-0.05, 0) is 57.2 Å². The molecule has 0 aliphatic carbocycles. The molecule has 0 N–H and O–H groups in total. The predicted octanol–water partition coefficient (Wildman–Crippen LogP) is 3.95. The number of benzene rings is 2. The number of carbonyl (C=O) groups is 1. The Bertz CT molecular complexity index is 884. The quantitative estimate of drug-likeness (QED) is 0.582. The minimum absolute atomic E-state index is 0.136. The lowest BCUT2D eigenvalue weighted by Crippen LogP contribution is -2.36. The van der Waals surface area contributed by atoms with Gasteiger partial charge in [0.25, 0.3) is 5.91 Å². The third-order valence-corrected chi connectivity index (χ3v) is 4.88. The van der Waals surface area contributed by atoms with E-state index in [9.17, 15) is 10.1 Å². The van der Waals surface area contributed by atoms with Gasteiger partial charge in [-0.25, -0.2) is 0 Å². The highest BCUT2D eigenvalue weighted by molar-refractivity contribution is 9.10. The van der Waals surface area contributed by atoms with Gasteiger partial charge in [-0.2, -0.15) is 5.26 Å². The van der Waals surface area contributed by atoms with Crippen molar-refractivity contribution < 1.29 is 9.53 Å². The summed E-state index contributed by atoms with van der Waals surface area (Å²) in [6, 6.07) is 15.6. The fourth-order valence-electron chi connectivity index (χ4n) is 2.92. The van der Waals surface area contributed by atoms with Crippen LogP contribution in [-0.4, -0.2) is 24.5 Å². The third kappa shape index (κ3) is 3.75. The standard InChI is InChI=1S/C20H17BrN2O2/c1-25-19-7-6-14(11-18(19)21)10-17(12-22)20(24)23-9-8-15-4-2-3-5-16(15)13-23/h2-7,10-11H,8-9,13H2,1H3. The number of carbonyl (C=O) groups excluding carboxylic acids is 1. The minimum Gasteiger partial charge on any atom is -0.496 e. The van der Waals surface area contributed by atoms with Gasteiger partial charge in [-0.15, -0.1) is 0 Å². The predicted molar refractivity (Wildman–Crippen MR) is 99.8 cm³/mol. The molecule has 0 saturated heterocycles. The van der Waals surface area contributed by atoms with Crippen LogP contribution in [0.15, 0.2) is 52.5 Å². The smallest absolute Gasteiger partial charge is 0.264 e. The molecule has 1 heterocycles. The molecule has 1 aliphatic heterocycles. The summed E-state index contributed by atoms with van der Waals surface area (Å²) in [4.78, 5) is 14.5. The van der Waals surface area contributed by atoms with Crippen LogP contribution in [0, 0.1) is 11.3 Å². The number of fused-ring (bicyclic) bond motifs is 1. The Labute approximate surface area is 155 Å². The Balaban J connectivity index is 1.83. The van der Waals surface area contributed by atoms with E-state index in [4.69, 9.17) is 4.74 Å². The van der Waals surface area contributed by atoms with Gasteiger partial charge in [0.2, 0.25) is 0 Å². The molecule has 0 saturated carbocycles. The number of amides is 1.